The molecule has 5 rings (SSSR count). The maximum Gasteiger partial charge on any atom is 0.342 e. The topological polar surface area (TPSA) is 46.5 Å². The Balaban J connectivity index is 1.26. The van der Waals surface area contributed by atoms with E-state index in [4.69, 9.17) is 4.74 Å². The number of carbonyl (C=O) groups excluding carboxylic acids is 1. The molecular weight excluding hydrogens is 456 g/mol. The molecule has 0 aromatic heterocycles. The van der Waals surface area contributed by atoms with Crippen molar-refractivity contribution < 1.29 is 14.6 Å². The van der Waals surface area contributed by atoms with Gasteiger partial charge in [0.25, 0.3) is 0 Å². The third-order valence-corrected chi connectivity index (χ3v) is 11.7. The summed E-state index contributed by atoms with van der Waals surface area (Å²) >= 11 is 0. The summed E-state index contributed by atoms with van der Waals surface area (Å²) in [5, 5.41) is 10.1. The summed E-state index contributed by atoms with van der Waals surface area (Å²) in [6.07, 6.45) is 16.4. The number of carbonyl (C=O) groups is 1. The molecule has 0 radical (unpaired) electrons. The summed E-state index contributed by atoms with van der Waals surface area (Å²) < 4.78 is 5.92. The molecule has 37 heavy (non-hydrogen) atoms. The molecule has 0 spiro atoms. The Kier molecular flexibility index (Phi) is 7.55. The van der Waals surface area contributed by atoms with Gasteiger partial charge in [-0.15, -0.1) is 0 Å². The average molecular weight is 507 g/mol. The van der Waals surface area contributed by atoms with E-state index in [2.05, 4.69) is 40.7 Å². The highest BCUT2D eigenvalue weighted by molar-refractivity contribution is 5.92. The summed E-state index contributed by atoms with van der Waals surface area (Å²) in [4.78, 5) is 12.7. The van der Waals surface area contributed by atoms with E-state index in [9.17, 15) is 9.90 Å². The number of rotatable bonds is 7. The van der Waals surface area contributed by atoms with Crippen molar-refractivity contribution in [3.8, 4) is 5.75 Å². The monoisotopic (exact) mass is 506 g/mol. The minimum absolute atomic E-state index is 0.00207. The second-order valence-electron chi connectivity index (χ2n) is 14.1. The number of allylic oxidation sites excluding steroid dienone is 1. The molecule has 1 N–H and O–H groups in total. The first-order valence-electron chi connectivity index (χ1n) is 15.3. The van der Waals surface area contributed by atoms with Crippen LogP contribution in [0.1, 0.15) is 116 Å². The van der Waals surface area contributed by atoms with Crippen LogP contribution in [0, 0.1) is 46.3 Å². The molecule has 3 heteroatoms. The largest absolute Gasteiger partial charge is 0.507 e. The second-order valence-corrected chi connectivity index (χ2v) is 14.1. The van der Waals surface area contributed by atoms with Gasteiger partial charge in [0, 0.05) is 6.42 Å². The fraction of sp³-hybridized carbons (Fsp3) is 0.735. The lowest BCUT2D eigenvalue weighted by atomic mass is 9.47. The van der Waals surface area contributed by atoms with Crippen molar-refractivity contribution in [1.29, 1.82) is 0 Å². The highest BCUT2D eigenvalue weighted by Crippen LogP contribution is 2.67. The summed E-state index contributed by atoms with van der Waals surface area (Å²) in [5.41, 5.74) is 2.58. The zero-order chi connectivity index (χ0) is 26.4. The first-order chi connectivity index (χ1) is 17.6. The number of hydrogen-bond donors (Lipinski definition) is 1. The summed E-state index contributed by atoms with van der Waals surface area (Å²) in [6, 6.07) is 6.70. The van der Waals surface area contributed by atoms with E-state index in [0.717, 1.165) is 54.8 Å². The predicted octanol–water partition coefficient (Wildman–Crippen LogP) is 8.96. The Morgan fingerprint density at radius 1 is 1.03 bits per heavy atom. The minimum atomic E-state index is -0.395. The molecule has 3 nitrogen and oxygen atoms in total. The van der Waals surface area contributed by atoms with Gasteiger partial charge >= 0.3 is 5.97 Å². The maximum atomic E-state index is 12.7. The lowest BCUT2D eigenvalue weighted by molar-refractivity contribution is -0.0594. The quantitative estimate of drug-likeness (QED) is 0.296. The Bertz CT molecular complexity index is 1010. The molecule has 4 aliphatic rings. The summed E-state index contributed by atoms with van der Waals surface area (Å²) in [5.74, 6) is 4.64. The van der Waals surface area contributed by atoms with E-state index < -0.39 is 5.97 Å². The Morgan fingerprint density at radius 3 is 2.57 bits per heavy atom. The third kappa shape index (κ3) is 4.89. The summed E-state index contributed by atoms with van der Waals surface area (Å²) in [6.45, 7) is 12.5. The fourth-order valence-corrected chi connectivity index (χ4v) is 9.61. The van der Waals surface area contributed by atoms with Crippen molar-refractivity contribution in [3.63, 3.8) is 0 Å². The molecular formula is C34H50O3. The van der Waals surface area contributed by atoms with E-state index in [0.29, 0.717) is 5.41 Å². The van der Waals surface area contributed by atoms with Crippen LogP contribution in [0.5, 0.6) is 5.75 Å². The average Bonchev–Trinajstić information content (AvgIpc) is 3.21. The number of phenols is 1. The van der Waals surface area contributed by atoms with Gasteiger partial charge in [-0.05, 0) is 103 Å². The number of benzene rings is 1. The number of phenolic OH excluding ortho intramolecular Hbond substituents is 1. The number of esters is 1. The van der Waals surface area contributed by atoms with Crippen molar-refractivity contribution in [2.75, 3.05) is 0 Å². The maximum absolute atomic E-state index is 12.7. The molecule has 1 aromatic carbocycles. The van der Waals surface area contributed by atoms with Crippen molar-refractivity contribution in [1.82, 2.24) is 0 Å². The van der Waals surface area contributed by atoms with Crippen molar-refractivity contribution in [2.24, 2.45) is 46.3 Å². The molecule has 0 heterocycles. The zero-order valence-corrected chi connectivity index (χ0v) is 24.0. The zero-order valence-electron chi connectivity index (χ0n) is 24.0. The lowest BCUT2D eigenvalue weighted by Crippen LogP contribution is -2.51. The van der Waals surface area contributed by atoms with Crippen LogP contribution in [-0.2, 0) is 4.74 Å². The van der Waals surface area contributed by atoms with Crippen molar-refractivity contribution in [2.45, 2.75) is 111 Å². The van der Waals surface area contributed by atoms with Crippen LogP contribution in [0.15, 0.2) is 35.9 Å². The van der Waals surface area contributed by atoms with E-state index in [-0.39, 0.29) is 22.8 Å². The van der Waals surface area contributed by atoms with Gasteiger partial charge in [0.05, 0.1) is 0 Å². The van der Waals surface area contributed by atoms with Crippen LogP contribution >= 0.6 is 0 Å². The molecule has 1 aromatic rings. The molecule has 204 valence electrons. The highest BCUT2D eigenvalue weighted by Gasteiger charge is 2.59. The first-order valence-corrected chi connectivity index (χ1v) is 15.3. The van der Waals surface area contributed by atoms with Crippen LogP contribution < -0.4 is 0 Å². The molecule has 4 aliphatic carbocycles. The van der Waals surface area contributed by atoms with E-state index >= 15 is 0 Å². The number of ether oxygens (including phenoxy) is 1. The van der Waals surface area contributed by atoms with Gasteiger partial charge in [-0.3, -0.25) is 0 Å². The predicted molar refractivity (Wildman–Crippen MR) is 150 cm³/mol. The summed E-state index contributed by atoms with van der Waals surface area (Å²) in [7, 11) is 0. The van der Waals surface area contributed by atoms with Crippen LogP contribution in [0.3, 0.4) is 0 Å². The molecule has 3 saturated carbocycles. The number of aromatic hydroxyl groups is 1. The van der Waals surface area contributed by atoms with Gasteiger partial charge in [-0.1, -0.05) is 77.7 Å². The van der Waals surface area contributed by atoms with Crippen LogP contribution in [-0.4, -0.2) is 17.2 Å². The van der Waals surface area contributed by atoms with E-state index in [1.54, 1.807) is 24.3 Å². The van der Waals surface area contributed by atoms with E-state index in [1.807, 2.05) is 0 Å². The molecule has 0 bridgehead atoms. The van der Waals surface area contributed by atoms with Crippen LogP contribution in [0.2, 0.25) is 0 Å². The van der Waals surface area contributed by atoms with Crippen molar-refractivity contribution >= 4 is 5.97 Å². The fourth-order valence-electron chi connectivity index (χ4n) is 9.61. The Hall–Kier alpha value is -1.77. The number of para-hydroxylation sites is 1. The van der Waals surface area contributed by atoms with Gasteiger partial charge in [-0.25, -0.2) is 4.79 Å². The SMILES string of the molecule is CC(C)CCCC(C)C1CCC2C3CC=C4CC(OC(=O)c5ccccc5O)CCC4(C)C3CCC12C. The number of fused-ring (bicyclic) bond motifs is 5. The Labute approximate surface area is 225 Å². The second kappa shape index (κ2) is 10.4. The van der Waals surface area contributed by atoms with Gasteiger partial charge < -0.3 is 9.84 Å². The molecule has 8 atom stereocenters. The normalized spacial score (nSPS) is 37.8. The lowest BCUT2D eigenvalue weighted by Gasteiger charge is -2.58. The molecule has 0 aliphatic heterocycles. The number of hydrogen-bond acceptors (Lipinski definition) is 3. The molecule has 8 unspecified atom stereocenters. The van der Waals surface area contributed by atoms with Gasteiger partial charge in [-0.2, -0.15) is 0 Å². The minimum Gasteiger partial charge on any atom is -0.507 e. The Morgan fingerprint density at radius 2 is 1.81 bits per heavy atom. The highest BCUT2D eigenvalue weighted by atomic mass is 16.5. The van der Waals surface area contributed by atoms with Crippen molar-refractivity contribution in [3.05, 3.63) is 41.5 Å². The van der Waals surface area contributed by atoms with Gasteiger partial charge in [0.15, 0.2) is 0 Å². The molecule has 0 saturated heterocycles. The first kappa shape index (κ1) is 26.8. The van der Waals surface area contributed by atoms with Crippen LogP contribution in [0.25, 0.3) is 0 Å². The van der Waals surface area contributed by atoms with Crippen LogP contribution in [0.4, 0.5) is 0 Å². The third-order valence-electron chi connectivity index (χ3n) is 11.7. The van der Waals surface area contributed by atoms with E-state index in [1.165, 1.54) is 56.9 Å². The molecule has 3 fully saturated rings. The van der Waals surface area contributed by atoms with Gasteiger partial charge in [0.1, 0.15) is 17.4 Å². The van der Waals surface area contributed by atoms with Gasteiger partial charge in [0.2, 0.25) is 0 Å². The smallest absolute Gasteiger partial charge is 0.342 e. The molecule has 0 amide bonds. The standard InChI is InChI=1S/C34H50O3/c1-22(2)9-8-10-23(3)28-15-16-29-26-14-13-24-21-25(37-32(36)27-11-6-7-12-31(27)35)17-19-33(24,4)30(26)18-20-34(28,29)5/h6-7,11-13,22-23,25-26,28-30,35H,8-10,14-21H2,1-5H3.